The van der Waals surface area contributed by atoms with Gasteiger partial charge >= 0.3 is 0 Å². The van der Waals surface area contributed by atoms with E-state index in [2.05, 4.69) is 173 Å². The number of fused-ring (bicyclic) bond motifs is 7. The minimum atomic E-state index is 0.569. The molecule has 11 rings (SSSR count). The second-order valence-corrected chi connectivity index (χ2v) is 14.0. The van der Waals surface area contributed by atoms with Gasteiger partial charge in [-0.1, -0.05) is 170 Å². The van der Waals surface area contributed by atoms with Gasteiger partial charge in [-0.3, -0.25) is 4.57 Å². The highest BCUT2D eigenvalue weighted by Gasteiger charge is 2.25. The van der Waals surface area contributed by atoms with Crippen LogP contribution in [0.15, 0.2) is 200 Å². The third-order valence-electron chi connectivity index (χ3n) is 10.8. The Bertz CT molecular complexity index is 3160. The summed E-state index contributed by atoms with van der Waals surface area (Å²) in [5.41, 5.74) is 11.9. The van der Waals surface area contributed by atoms with Gasteiger partial charge in [0.05, 0.1) is 22.1 Å². The third kappa shape index (κ3) is 5.13. The van der Waals surface area contributed by atoms with Gasteiger partial charge in [-0.15, -0.1) is 0 Å². The van der Waals surface area contributed by atoms with E-state index in [9.17, 15) is 0 Å². The molecule has 0 radical (unpaired) electrons. The fraction of sp³-hybridized carbons (Fsp3) is 0. The molecule has 0 fully saturated rings. The topological polar surface area (TPSA) is 48.5 Å². The van der Waals surface area contributed by atoms with E-state index in [-0.39, 0.29) is 0 Å². The molecular weight excluding hydrogens is 683 g/mol. The van der Waals surface area contributed by atoms with Crippen molar-refractivity contribution < 1.29 is 0 Å². The van der Waals surface area contributed by atoms with Gasteiger partial charge in [-0.2, -0.15) is 9.97 Å². The van der Waals surface area contributed by atoms with Crippen molar-refractivity contribution in [1.29, 1.82) is 0 Å². The van der Waals surface area contributed by atoms with E-state index in [0.717, 1.165) is 60.8 Å². The van der Waals surface area contributed by atoms with E-state index >= 15 is 0 Å². The second-order valence-electron chi connectivity index (χ2n) is 14.0. The van der Waals surface area contributed by atoms with Crippen LogP contribution in [0.5, 0.6) is 0 Å². The lowest BCUT2D eigenvalue weighted by molar-refractivity contribution is 0.954. The number of hydrogen-bond acceptors (Lipinski definition) is 3. The molecule has 3 heterocycles. The maximum atomic E-state index is 5.28. The van der Waals surface area contributed by atoms with Crippen LogP contribution >= 0.6 is 0 Å². The van der Waals surface area contributed by atoms with Crippen LogP contribution in [0.2, 0.25) is 0 Å². The van der Waals surface area contributed by atoms with Crippen LogP contribution in [-0.4, -0.2) is 24.1 Å². The van der Waals surface area contributed by atoms with Gasteiger partial charge in [-0.25, -0.2) is 4.98 Å². The average molecular weight is 716 g/mol. The number of benzene rings is 8. The molecule has 262 valence electrons. The fourth-order valence-corrected chi connectivity index (χ4v) is 8.29. The molecule has 0 N–H and O–H groups in total. The molecule has 0 bridgehead atoms. The van der Waals surface area contributed by atoms with Crippen molar-refractivity contribution in [3.05, 3.63) is 200 Å². The quantitative estimate of drug-likeness (QED) is 0.172. The summed E-state index contributed by atoms with van der Waals surface area (Å²) in [4.78, 5) is 15.6. The fourth-order valence-electron chi connectivity index (χ4n) is 8.29. The number of para-hydroxylation sites is 2. The molecule has 0 atom stereocenters. The smallest absolute Gasteiger partial charge is 0.238 e. The Kier molecular flexibility index (Phi) is 7.42. The molecule has 0 unspecified atom stereocenters. The number of rotatable bonds is 6. The van der Waals surface area contributed by atoms with Crippen LogP contribution in [0.25, 0.3) is 100 Å². The SMILES string of the molecule is c1ccc(-c2cccc(-n3c4ccccc4c4c5c6ccccc6n(-c6nc(-c7ccccc7)nc(-c7ccccc7)n6)c5c(-c5ccccc5)cc43)c2)cc1. The standard InChI is InChI=1S/C51H33N5/c1-5-18-34(19-6-1)38-26-17-27-39(32-38)55-43-30-15-13-28-40(43)46-45(55)33-42(35-20-7-2-8-21-35)48-47(46)41-29-14-16-31-44(41)56(48)51-53-49(36-22-9-3-10-23-36)52-50(54-51)37-24-11-4-12-25-37/h1-33H. The highest BCUT2D eigenvalue weighted by atomic mass is 15.2. The molecule has 0 aliphatic heterocycles. The maximum absolute atomic E-state index is 5.28. The monoisotopic (exact) mass is 715 g/mol. The first-order valence-electron chi connectivity index (χ1n) is 18.9. The molecule has 11 aromatic rings. The van der Waals surface area contributed by atoms with E-state index in [4.69, 9.17) is 15.0 Å². The zero-order valence-corrected chi connectivity index (χ0v) is 30.3. The van der Waals surface area contributed by atoms with Crippen molar-refractivity contribution in [2.75, 3.05) is 0 Å². The molecule has 3 aromatic heterocycles. The molecule has 0 aliphatic rings. The van der Waals surface area contributed by atoms with Gasteiger partial charge in [-0.05, 0) is 47.0 Å². The molecule has 0 spiro atoms. The van der Waals surface area contributed by atoms with Gasteiger partial charge in [0.1, 0.15) is 0 Å². The highest BCUT2D eigenvalue weighted by molar-refractivity contribution is 6.31. The first-order valence-corrected chi connectivity index (χ1v) is 18.9. The van der Waals surface area contributed by atoms with E-state index in [1.165, 1.54) is 21.9 Å². The van der Waals surface area contributed by atoms with Crippen molar-refractivity contribution in [2.24, 2.45) is 0 Å². The Balaban J connectivity index is 1.30. The Hall–Kier alpha value is -7.63. The van der Waals surface area contributed by atoms with Crippen molar-refractivity contribution in [2.45, 2.75) is 0 Å². The normalized spacial score (nSPS) is 11.6. The minimum absolute atomic E-state index is 0.569. The van der Waals surface area contributed by atoms with Gasteiger partial charge in [0.2, 0.25) is 5.95 Å². The predicted octanol–water partition coefficient (Wildman–Crippen LogP) is 12.7. The van der Waals surface area contributed by atoms with Crippen LogP contribution in [0, 0.1) is 0 Å². The summed E-state index contributed by atoms with van der Waals surface area (Å²) < 4.78 is 4.69. The van der Waals surface area contributed by atoms with E-state index in [1.807, 2.05) is 36.4 Å². The second kappa shape index (κ2) is 13.0. The molecule has 0 aliphatic carbocycles. The predicted molar refractivity (Wildman–Crippen MR) is 230 cm³/mol. The van der Waals surface area contributed by atoms with E-state index < -0.39 is 0 Å². The summed E-state index contributed by atoms with van der Waals surface area (Å²) >= 11 is 0. The molecule has 5 nitrogen and oxygen atoms in total. The summed E-state index contributed by atoms with van der Waals surface area (Å²) in [5, 5.41) is 4.67. The molecule has 0 saturated heterocycles. The highest BCUT2D eigenvalue weighted by Crippen LogP contribution is 2.46. The number of aromatic nitrogens is 5. The molecule has 56 heavy (non-hydrogen) atoms. The van der Waals surface area contributed by atoms with Crippen LogP contribution in [0.4, 0.5) is 0 Å². The lowest BCUT2D eigenvalue weighted by atomic mass is 9.98. The molecular formula is C51H33N5. The molecule has 5 heteroatoms. The molecule has 0 amide bonds. The lowest BCUT2D eigenvalue weighted by Crippen LogP contribution is -2.07. The largest absolute Gasteiger partial charge is 0.309 e. The number of nitrogens with zero attached hydrogens (tertiary/aromatic N) is 5. The summed E-state index contributed by atoms with van der Waals surface area (Å²) in [6.07, 6.45) is 0. The van der Waals surface area contributed by atoms with Crippen molar-refractivity contribution in [3.63, 3.8) is 0 Å². The Morgan fingerprint density at radius 1 is 0.321 bits per heavy atom. The van der Waals surface area contributed by atoms with Crippen LogP contribution < -0.4 is 0 Å². The van der Waals surface area contributed by atoms with Gasteiger partial charge in [0, 0.05) is 43.9 Å². The molecule has 0 saturated carbocycles. The number of hydrogen-bond donors (Lipinski definition) is 0. The van der Waals surface area contributed by atoms with Crippen molar-refractivity contribution in [1.82, 2.24) is 24.1 Å². The van der Waals surface area contributed by atoms with Crippen LogP contribution in [-0.2, 0) is 0 Å². The zero-order valence-electron chi connectivity index (χ0n) is 30.3. The Morgan fingerprint density at radius 2 is 0.804 bits per heavy atom. The Labute approximate surface area is 323 Å². The summed E-state index contributed by atoms with van der Waals surface area (Å²) in [6.45, 7) is 0. The van der Waals surface area contributed by atoms with E-state index in [0.29, 0.717) is 17.6 Å². The van der Waals surface area contributed by atoms with Crippen LogP contribution in [0.3, 0.4) is 0 Å². The average Bonchev–Trinajstić information content (AvgIpc) is 3.80. The summed E-state index contributed by atoms with van der Waals surface area (Å²) in [5.74, 6) is 1.81. The van der Waals surface area contributed by atoms with Gasteiger partial charge < -0.3 is 4.57 Å². The lowest BCUT2D eigenvalue weighted by Gasteiger charge is -2.15. The third-order valence-corrected chi connectivity index (χ3v) is 10.8. The summed E-state index contributed by atoms with van der Waals surface area (Å²) in [7, 11) is 0. The first-order chi connectivity index (χ1) is 27.8. The van der Waals surface area contributed by atoms with Crippen LogP contribution in [0.1, 0.15) is 0 Å². The minimum Gasteiger partial charge on any atom is -0.309 e. The van der Waals surface area contributed by atoms with Crippen molar-refractivity contribution in [3.8, 4) is 56.7 Å². The van der Waals surface area contributed by atoms with E-state index in [1.54, 1.807) is 0 Å². The zero-order chi connectivity index (χ0) is 37.0. The first kappa shape index (κ1) is 31.9. The molecule has 8 aromatic carbocycles. The Morgan fingerprint density at radius 3 is 1.41 bits per heavy atom. The van der Waals surface area contributed by atoms with Gasteiger partial charge in [0.25, 0.3) is 0 Å². The van der Waals surface area contributed by atoms with Crippen molar-refractivity contribution >= 4 is 43.6 Å². The maximum Gasteiger partial charge on any atom is 0.238 e. The summed E-state index contributed by atoms with van der Waals surface area (Å²) in [6, 6.07) is 70.3. The van der Waals surface area contributed by atoms with Gasteiger partial charge in [0.15, 0.2) is 11.6 Å².